The van der Waals surface area contributed by atoms with Gasteiger partial charge in [-0.3, -0.25) is 5.32 Å². The van der Waals surface area contributed by atoms with Crippen molar-refractivity contribution in [3.8, 4) is 0 Å². The van der Waals surface area contributed by atoms with E-state index >= 15 is 0 Å². The van der Waals surface area contributed by atoms with Crippen molar-refractivity contribution < 1.29 is 9.90 Å². The third-order valence-electron chi connectivity index (χ3n) is 3.54. The van der Waals surface area contributed by atoms with Gasteiger partial charge in [0.2, 0.25) is 0 Å². The SMILES string of the molecule is Cc1ccc(NC(=O)N2CC(O)(c3ccc(Cl)cc3)C2)s1. The number of rotatable bonds is 2. The maximum atomic E-state index is 12.1. The number of aryl methyl sites for hydroxylation is 1. The van der Waals surface area contributed by atoms with E-state index in [4.69, 9.17) is 11.6 Å². The number of β-amino-alcohol motifs (C(OH)–C–C–N with tert-alkyl or cyclic N) is 1. The van der Waals surface area contributed by atoms with E-state index in [2.05, 4.69) is 5.32 Å². The van der Waals surface area contributed by atoms with Gasteiger partial charge in [-0.05, 0) is 36.8 Å². The topological polar surface area (TPSA) is 52.6 Å². The number of anilines is 1. The Hall–Kier alpha value is -1.56. The first-order valence-corrected chi connectivity index (χ1v) is 7.76. The van der Waals surface area contributed by atoms with Crippen molar-refractivity contribution in [1.29, 1.82) is 0 Å². The molecule has 21 heavy (non-hydrogen) atoms. The molecule has 0 saturated carbocycles. The number of amides is 2. The fraction of sp³-hybridized carbons (Fsp3) is 0.267. The summed E-state index contributed by atoms with van der Waals surface area (Å²) in [5.41, 5.74) is -0.198. The third-order valence-corrected chi connectivity index (χ3v) is 4.71. The highest BCUT2D eigenvalue weighted by Crippen LogP contribution is 2.33. The summed E-state index contributed by atoms with van der Waals surface area (Å²) in [7, 11) is 0. The van der Waals surface area contributed by atoms with Crippen LogP contribution in [-0.4, -0.2) is 29.1 Å². The van der Waals surface area contributed by atoms with Gasteiger partial charge in [0, 0.05) is 9.90 Å². The molecule has 110 valence electrons. The average Bonchev–Trinajstić information content (AvgIpc) is 2.81. The van der Waals surface area contributed by atoms with Crippen LogP contribution in [0.5, 0.6) is 0 Å². The molecule has 0 bridgehead atoms. The number of hydrogen-bond donors (Lipinski definition) is 2. The van der Waals surface area contributed by atoms with E-state index in [1.165, 1.54) is 11.3 Å². The fourth-order valence-corrected chi connectivity index (χ4v) is 3.24. The standard InChI is InChI=1S/C15H15ClN2O2S/c1-10-2-7-13(21-10)17-14(19)18-8-15(20,9-18)11-3-5-12(16)6-4-11/h2-7,20H,8-9H2,1H3,(H,17,19). The number of hydrogen-bond acceptors (Lipinski definition) is 3. The van der Waals surface area contributed by atoms with Gasteiger partial charge in [-0.2, -0.15) is 0 Å². The van der Waals surface area contributed by atoms with E-state index in [0.717, 1.165) is 15.4 Å². The number of thiophene rings is 1. The van der Waals surface area contributed by atoms with Crippen LogP contribution in [0.3, 0.4) is 0 Å². The Balaban J connectivity index is 1.61. The Kier molecular flexibility index (Phi) is 3.65. The summed E-state index contributed by atoms with van der Waals surface area (Å²) in [6.45, 7) is 2.55. The van der Waals surface area contributed by atoms with E-state index < -0.39 is 5.60 Å². The van der Waals surface area contributed by atoms with E-state index in [1.807, 2.05) is 19.1 Å². The number of halogens is 1. The zero-order valence-electron chi connectivity index (χ0n) is 11.5. The number of likely N-dealkylation sites (tertiary alicyclic amines) is 1. The molecule has 2 heterocycles. The molecular formula is C15H15ClN2O2S. The number of carbonyl (C=O) groups excluding carboxylic acids is 1. The quantitative estimate of drug-likeness (QED) is 0.889. The van der Waals surface area contributed by atoms with Crippen LogP contribution >= 0.6 is 22.9 Å². The first-order valence-electron chi connectivity index (χ1n) is 6.57. The van der Waals surface area contributed by atoms with Crippen LogP contribution in [0.2, 0.25) is 5.02 Å². The smallest absolute Gasteiger partial charge is 0.322 e. The van der Waals surface area contributed by atoms with Crippen LogP contribution in [0.1, 0.15) is 10.4 Å². The summed E-state index contributed by atoms with van der Waals surface area (Å²) >= 11 is 7.37. The lowest BCUT2D eigenvalue weighted by molar-refractivity contribution is -0.0793. The monoisotopic (exact) mass is 322 g/mol. The second-order valence-electron chi connectivity index (χ2n) is 5.23. The Morgan fingerprint density at radius 3 is 2.52 bits per heavy atom. The maximum Gasteiger partial charge on any atom is 0.322 e. The van der Waals surface area contributed by atoms with Crippen molar-refractivity contribution in [2.75, 3.05) is 18.4 Å². The molecule has 1 aliphatic rings. The van der Waals surface area contributed by atoms with E-state index in [9.17, 15) is 9.90 Å². The average molecular weight is 323 g/mol. The Morgan fingerprint density at radius 2 is 1.95 bits per heavy atom. The van der Waals surface area contributed by atoms with Crippen LogP contribution in [0.25, 0.3) is 0 Å². The van der Waals surface area contributed by atoms with Crippen LogP contribution in [-0.2, 0) is 5.60 Å². The number of benzene rings is 1. The lowest BCUT2D eigenvalue weighted by Crippen LogP contribution is -2.62. The zero-order valence-corrected chi connectivity index (χ0v) is 13.0. The minimum Gasteiger partial charge on any atom is -0.381 e. The molecule has 0 aliphatic carbocycles. The molecule has 2 aromatic rings. The lowest BCUT2D eigenvalue weighted by atomic mass is 9.86. The number of nitrogens with zero attached hydrogens (tertiary/aromatic N) is 1. The molecule has 1 aromatic carbocycles. The zero-order chi connectivity index (χ0) is 15.0. The van der Waals surface area contributed by atoms with Crippen LogP contribution in [0, 0.1) is 6.92 Å². The molecule has 1 aromatic heterocycles. The van der Waals surface area contributed by atoms with Gasteiger partial charge in [0.25, 0.3) is 0 Å². The van der Waals surface area contributed by atoms with Crippen LogP contribution < -0.4 is 5.32 Å². The molecule has 0 unspecified atom stereocenters. The van der Waals surface area contributed by atoms with Gasteiger partial charge in [0.15, 0.2) is 0 Å². The Morgan fingerprint density at radius 1 is 1.29 bits per heavy atom. The van der Waals surface area contributed by atoms with Gasteiger partial charge in [-0.1, -0.05) is 23.7 Å². The fourth-order valence-electron chi connectivity index (χ4n) is 2.36. The van der Waals surface area contributed by atoms with Crippen molar-refractivity contribution in [2.45, 2.75) is 12.5 Å². The Bertz CT molecular complexity index is 663. The molecule has 1 fully saturated rings. The third kappa shape index (κ3) is 2.90. The highest BCUT2D eigenvalue weighted by molar-refractivity contribution is 7.16. The molecule has 0 atom stereocenters. The normalized spacial score (nSPS) is 16.4. The molecule has 1 aliphatic heterocycles. The van der Waals surface area contributed by atoms with Crippen molar-refractivity contribution >= 4 is 34.0 Å². The second-order valence-corrected chi connectivity index (χ2v) is 6.96. The molecule has 0 radical (unpaired) electrons. The molecule has 4 nitrogen and oxygen atoms in total. The molecule has 2 amide bonds. The molecular weight excluding hydrogens is 308 g/mol. The number of aliphatic hydroxyl groups is 1. The molecule has 2 N–H and O–H groups in total. The highest BCUT2D eigenvalue weighted by atomic mass is 35.5. The predicted octanol–water partition coefficient (Wildman–Crippen LogP) is 3.45. The highest BCUT2D eigenvalue weighted by Gasteiger charge is 2.45. The largest absolute Gasteiger partial charge is 0.381 e. The summed E-state index contributed by atoms with van der Waals surface area (Å²) < 4.78 is 0. The van der Waals surface area contributed by atoms with Crippen molar-refractivity contribution in [3.63, 3.8) is 0 Å². The predicted molar refractivity (Wildman–Crippen MR) is 85.0 cm³/mol. The lowest BCUT2D eigenvalue weighted by Gasteiger charge is -2.46. The second kappa shape index (κ2) is 5.33. The number of carbonyl (C=O) groups is 1. The molecule has 0 spiro atoms. The Labute approximate surface area is 132 Å². The van der Waals surface area contributed by atoms with Gasteiger partial charge in [0.1, 0.15) is 5.60 Å². The summed E-state index contributed by atoms with van der Waals surface area (Å²) in [6.07, 6.45) is 0. The first-order chi connectivity index (χ1) is 9.96. The summed E-state index contributed by atoms with van der Waals surface area (Å²) in [6, 6.07) is 10.7. The van der Waals surface area contributed by atoms with Crippen molar-refractivity contribution in [1.82, 2.24) is 4.90 Å². The molecule has 3 rings (SSSR count). The molecule has 1 saturated heterocycles. The van der Waals surface area contributed by atoms with Crippen LogP contribution in [0.4, 0.5) is 9.80 Å². The van der Waals surface area contributed by atoms with Crippen LogP contribution in [0.15, 0.2) is 36.4 Å². The summed E-state index contributed by atoms with van der Waals surface area (Å²) in [5.74, 6) is 0. The first kappa shape index (κ1) is 14.4. The van der Waals surface area contributed by atoms with Gasteiger partial charge in [-0.15, -0.1) is 11.3 Å². The number of urea groups is 1. The van der Waals surface area contributed by atoms with E-state index in [-0.39, 0.29) is 19.1 Å². The van der Waals surface area contributed by atoms with Gasteiger partial charge < -0.3 is 10.0 Å². The van der Waals surface area contributed by atoms with Gasteiger partial charge in [-0.25, -0.2) is 4.79 Å². The summed E-state index contributed by atoms with van der Waals surface area (Å²) in [4.78, 5) is 14.8. The summed E-state index contributed by atoms with van der Waals surface area (Å²) in [5, 5.41) is 14.8. The molecule has 6 heteroatoms. The van der Waals surface area contributed by atoms with E-state index in [1.54, 1.807) is 29.2 Å². The van der Waals surface area contributed by atoms with Crippen molar-refractivity contribution in [2.24, 2.45) is 0 Å². The maximum absolute atomic E-state index is 12.1. The van der Waals surface area contributed by atoms with Gasteiger partial charge >= 0.3 is 6.03 Å². The van der Waals surface area contributed by atoms with E-state index in [0.29, 0.717) is 5.02 Å². The van der Waals surface area contributed by atoms with Gasteiger partial charge in [0.05, 0.1) is 18.1 Å². The minimum atomic E-state index is -0.979. The van der Waals surface area contributed by atoms with Crippen molar-refractivity contribution in [3.05, 3.63) is 51.9 Å². The number of nitrogens with one attached hydrogen (secondary N) is 1. The minimum absolute atomic E-state index is 0.185.